The maximum absolute atomic E-state index is 13.1. The van der Waals surface area contributed by atoms with E-state index in [1.807, 2.05) is 0 Å². The van der Waals surface area contributed by atoms with Crippen molar-refractivity contribution in [3.05, 3.63) is 40.5 Å². The van der Waals surface area contributed by atoms with Crippen LogP contribution in [0.2, 0.25) is 5.02 Å². The van der Waals surface area contributed by atoms with Crippen LogP contribution in [0.25, 0.3) is 5.69 Å². The number of aryl methyl sites for hydroxylation is 1. The number of carbonyl (C=O) groups excluding carboxylic acids is 1. The number of halogens is 4. The number of piperidine rings is 1. The minimum atomic E-state index is -4.57. The molecule has 3 rings (SSSR count). The van der Waals surface area contributed by atoms with Crippen molar-refractivity contribution >= 4 is 33.3 Å². The normalized spacial score (nSPS) is 18.4. The molecule has 7 nitrogen and oxygen atoms in total. The lowest BCUT2D eigenvalue weighted by atomic mass is 9.99. The molecule has 1 atom stereocenters. The van der Waals surface area contributed by atoms with Crippen LogP contribution in [0.3, 0.4) is 0 Å². The van der Waals surface area contributed by atoms with Gasteiger partial charge in [0.2, 0.25) is 15.9 Å². The Hall–Kier alpha value is -2.11. The Bertz CT molecular complexity index is 1070. The number of carbonyl (C=O) groups is 1. The molecule has 1 N–H and O–H groups in total. The standard InChI is InChI=1S/C18H20ClF3N4O3S/c1-11-8-16(23-17(27)12-4-3-7-25(10-12)30(2,28)29)26(24-11)15-9-13(18(20,21)22)5-6-14(15)19/h5-6,8-9,12H,3-4,7,10H2,1-2H3,(H,23,27). The molecule has 2 aromatic rings. The molecule has 1 aliphatic rings. The molecule has 1 aromatic heterocycles. The fourth-order valence-corrected chi connectivity index (χ4v) is 4.42. The third-order valence-corrected chi connectivity index (χ3v) is 6.40. The lowest BCUT2D eigenvalue weighted by Crippen LogP contribution is -2.43. The van der Waals surface area contributed by atoms with Gasteiger partial charge < -0.3 is 5.32 Å². The molecule has 0 radical (unpaired) electrons. The number of anilines is 1. The third kappa shape index (κ3) is 4.96. The van der Waals surface area contributed by atoms with Crippen molar-refractivity contribution in [2.45, 2.75) is 25.9 Å². The summed E-state index contributed by atoms with van der Waals surface area (Å²) in [5, 5.41) is 6.85. The smallest absolute Gasteiger partial charge is 0.310 e. The van der Waals surface area contributed by atoms with Crippen LogP contribution in [-0.4, -0.2) is 47.8 Å². The molecule has 0 spiro atoms. The maximum Gasteiger partial charge on any atom is 0.416 e. The highest BCUT2D eigenvalue weighted by atomic mass is 35.5. The van der Waals surface area contributed by atoms with Crippen LogP contribution in [0.15, 0.2) is 24.3 Å². The zero-order chi connectivity index (χ0) is 22.3. The highest BCUT2D eigenvalue weighted by molar-refractivity contribution is 7.88. The summed E-state index contributed by atoms with van der Waals surface area (Å²) in [7, 11) is -3.42. The van der Waals surface area contributed by atoms with Gasteiger partial charge in [-0.05, 0) is 38.0 Å². The second-order valence-corrected chi connectivity index (χ2v) is 9.59. The average molecular weight is 465 g/mol. The number of sulfonamides is 1. The van der Waals surface area contributed by atoms with Gasteiger partial charge in [-0.1, -0.05) is 11.6 Å². The summed E-state index contributed by atoms with van der Waals surface area (Å²) in [5.41, 5.74) is -0.472. The van der Waals surface area contributed by atoms with Crippen molar-refractivity contribution in [2.24, 2.45) is 5.92 Å². The molecule has 0 bridgehead atoms. The zero-order valence-electron chi connectivity index (χ0n) is 16.2. The van der Waals surface area contributed by atoms with Crippen molar-refractivity contribution in [1.29, 1.82) is 0 Å². The fourth-order valence-electron chi connectivity index (χ4n) is 3.31. The summed E-state index contributed by atoms with van der Waals surface area (Å²) in [4.78, 5) is 12.8. The fraction of sp³-hybridized carbons (Fsp3) is 0.444. The van der Waals surface area contributed by atoms with Crippen LogP contribution < -0.4 is 5.32 Å². The molecule has 30 heavy (non-hydrogen) atoms. The number of hydrogen-bond acceptors (Lipinski definition) is 4. The number of hydrogen-bond donors (Lipinski definition) is 1. The summed E-state index contributed by atoms with van der Waals surface area (Å²) in [6.07, 6.45) is -2.46. The summed E-state index contributed by atoms with van der Waals surface area (Å²) in [5.74, 6) is -0.878. The molecule has 0 saturated carbocycles. The number of nitrogens with zero attached hydrogens (tertiary/aromatic N) is 3. The van der Waals surface area contributed by atoms with E-state index in [1.165, 1.54) is 10.4 Å². The van der Waals surface area contributed by atoms with E-state index in [4.69, 9.17) is 11.6 Å². The van der Waals surface area contributed by atoms with Crippen LogP contribution in [0.4, 0.5) is 19.0 Å². The van der Waals surface area contributed by atoms with E-state index in [0.29, 0.717) is 25.1 Å². The van der Waals surface area contributed by atoms with Gasteiger partial charge in [-0.25, -0.2) is 17.4 Å². The van der Waals surface area contributed by atoms with Crippen LogP contribution in [0, 0.1) is 12.8 Å². The highest BCUT2D eigenvalue weighted by Gasteiger charge is 2.33. The van der Waals surface area contributed by atoms with E-state index in [9.17, 15) is 26.4 Å². The lowest BCUT2D eigenvalue weighted by molar-refractivity contribution is -0.137. The molecule has 1 aliphatic heterocycles. The van der Waals surface area contributed by atoms with Crippen molar-refractivity contribution in [3.63, 3.8) is 0 Å². The first kappa shape index (κ1) is 22.6. The lowest BCUT2D eigenvalue weighted by Gasteiger charge is -2.30. The molecule has 0 aliphatic carbocycles. The summed E-state index contributed by atoms with van der Waals surface area (Å²) in [6.45, 7) is 2.02. The highest BCUT2D eigenvalue weighted by Crippen LogP contribution is 2.34. The molecule has 164 valence electrons. The minimum absolute atomic E-state index is 0.0301. The minimum Gasteiger partial charge on any atom is -0.310 e. The first-order valence-corrected chi connectivity index (χ1v) is 11.3. The first-order valence-electron chi connectivity index (χ1n) is 9.06. The van der Waals surface area contributed by atoms with Crippen molar-refractivity contribution in [2.75, 3.05) is 24.7 Å². The van der Waals surface area contributed by atoms with Gasteiger partial charge in [-0.15, -0.1) is 0 Å². The van der Waals surface area contributed by atoms with Crippen LogP contribution in [-0.2, 0) is 21.0 Å². The molecule has 1 fully saturated rings. The molecule has 1 aromatic carbocycles. The van der Waals surface area contributed by atoms with Gasteiger partial charge in [-0.2, -0.15) is 18.3 Å². The Morgan fingerprint density at radius 3 is 2.63 bits per heavy atom. The monoisotopic (exact) mass is 464 g/mol. The Morgan fingerprint density at radius 2 is 2.00 bits per heavy atom. The van der Waals surface area contributed by atoms with Gasteiger partial charge in [0.05, 0.1) is 34.1 Å². The largest absolute Gasteiger partial charge is 0.416 e. The number of alkyl halides is 3. The van der Waals surface area contributed by atoms with E-state index in [2.05, 4.69) is 10.4 Å². The van der Waals surface area contributed by atoms with Gasteiger partial charge >= 0.3 is 6.18 Å². The van der Waals surface area contributed by atoms with E-state index in [0.717, 1.165) is 29.1 Å². The molecular formula is C18H20ClF3N4O3S. The van der Waals surface area contributed by atoms with Crippen molar-refractivity contribution in [1.82, 2.24) is 14.1 Å². The van der Waals surface area contributed by atoms with E-state index in [1.54, 1.807) is 6.92 Å². The molecule has 12 heteroatoms. The van der Waals surface area contributed by atoms with Gasteiger partial charge in [0.1, 0.15) is 5.82 Å². The maximum atomic E-state index is 13.1. The first-order chi connectivity index (χ1) is 13.9. The van der Waals surface area contributed by atoms with Crippen LogP contribution in [0.1, 0.15) is 24.1 Å². The van der Waals surface area contributed by atoms with Gasteiger partial charge in [-0.3, -0.25) is 4.79 Å². The quantitative estimate of drug-likeness (QED) is 0.751. The predicted molar refractivity (Wildman–Crippen MR) is 106 cm³/mol. The van der Waals surface area contributed by atoms with E-state index in [-0.39, 0.29) is 23.1 Å². The Morgan fingerprint density at radius 1 is 1.30 bits per heavy atom. The van der Waals surface area contributed by atoms with Crippen LogP contribution >= 0.6 is 11.6 Å². The van der Waals surface area contributed by atoms with E-state index < -0.39 is 33.6 Å². The van der Waals surface area contributed by atoms with Crippen molar-refractivity contribution < 1.29 is 26.4 Å². The van der Waals surface area contributed by atoms with Gasteiger partial charge in [0.25, 0.3) is 0 Å². The molecular weight excluding hydrogens is 445 g/mol. The van der Waals surface area contributed by atoms with Gasteiger partial charge in [0, 0.05) is 19.2 Å². The Kier molecular flexibility index (Phi) is 6.17. The van der Waals surface area contributed by atoms with E-state index >= 15 is 0 Å². The topological polar surface area (TPSA) is 84.3 Å². The number of aromatic nitrogens is 2. The SMILES string of the molecule is Cc1cc(NC(=O)C2CCCN(S(C)(=O)=O)C2)n(-c2cc(C(F)(F)F)ccc2Cl)n1. The zero-order valence-corrected chi connectivity index (χ0v) is 17.8. The van der Waals surface area contributed by atoms with Crippen molar-refractivity contribution in [3.8, 4) is 5.69 Å². The molecule has 1 saturated heterocycles. The average Bonchev–Trinajstić information content (AvgIpc) is 3.00. The van der Waals surface area contributed by atoms with Crippen LogP contribution in [0.5, 0.6) is 0 Å². The molecule has 1 amide bonds. The second kappa shape index (κ2) is 8.20. The van der Waals surface area contributed by atoms with Gasteiger partial charge in [0.15, 0.2) is 0 Å². The number of rotatable bonds is 4. The summed E-state index contributed by atoms with van der Waals surface area (Å²) >= 11 is 6.10. The third-order valence-electron chi connectivity index (χ3n) is 4.81. The second-order valence-electron chi connectivity index (χ2n) is 7.20. The molecule has 1 unspecified atom stereocenters. The number of nitrogens with one attached hydrogen (secondary N) is 1. The summed E-state index contributed by atoms with van der Waals surface area (Å²) < 4.78 is 65.3. The number of benzene rings is 1. The summed E-state index contributed by atoms with van der Waals surface area (Å²) in [6, 6.07) is 4.35. The number of amides is 1. The molecule has 2 heterocycles. The Balaban J connectivity index is 1.89. The predicted octanol–water partition coefficient (Wildman–Crippen LogP) is 3.46. The Labute approximate surface area is 176 Å².